The first-order valence-corrected chi connectivity index (χ1v) is 7.23. The van der Waals surface area contributed by atoms with Crippen molar-refractivity contribution in [1.82, 2.24) is 15.1 Å². The third kappa shape index (κ3) is 3.74. The summed E-state index contributed by atoms with van der Waals surface area (Å²) in [6.45, 7) is 2.82. The van der Waals surface area contributed by atoms with Crippen LogP contribution in [0.25, 0.3) is 0 Å². The number of nitrogens with one attached hydrogen (secondary N) is 2. The van der Waals surface area contributed by atoms with E-state index in [1.807, 2.05) is 0 Å². The van der Waals surface area contributed by atoms with Crippen molar-refractivity contribution in [3.63, 3.8) is 0 Å². The lowest BCUT2D eigenvalue weighted by Crippen LogP contribution is -2.46. The summed E-state index contributed by atoms with van der Waals surface area (Å²) in [4.78, 5) is 23.3. The normalized spacial score (nSPS) is 21.9. The molecule has 0 aliphatic carbocycles. The zero-order valence-corrected chi connectivity index (χ0v) is 12.8. The minimum atomic E-state index is -0.550. The van der Waals surface area contributed by atoms with Crippen LogP contribution in [0.2, 0.25) is 5.02 Å². The van der Waals surface area contributed by atoms with Gasteiger partial charge in [-0.05, 0) is 26.3 Å². The SMILES string of the molecule is COC(=O)Cn1ncc(NC2CCCNC2C)c(Cl)c1=O. The van der Waals surface area contributed by atoms with Crippen LogP contribution in [-0.2, 0) is 16.1 Å². The summed E-state index contributed by atoms with van der Waals surface area (Å²) in [7, 11) is 1.25. The molecule has 21 heavy (non-hydrogen) atoms. The van der Waals surface area contributed by atoms with Crippen molar-refractivity contribution in [2.45, 2.75) is 38.4 Å². The second-order valence-electron chi connectivity index (χ2n) is 5.05. The van der Waals surface area contributed by atoms with Crippen LogP contribution < -0.4 is 16.2 Å². The van der Waals surface area contributed by atoms with Crippen LogP contribution in [0.4, 0.5) is 5.69 Å². The van der Waals surface area contributed by atoms with E-state index in [9.17, 15) is 9.59 Å². The van der Waals surface area contributed by atoms with Gasteiger partial charge in [-0.3, -0.25) is 9.59 Å². The van der Waals surface area contributed by atoms with Crippen LogP contribution in [0.15, 0.2) is 11.0 Å². The van der Waals surface area contributed by atoms with Crippen LogP contribution in [0.5, 0.6) is 0 Å². The van der Waals surface area contributed by atoms with Crippen molar-refractivity contribution < 1.29 is 9.53 Å². The molecule has 0 saturated carbocycles. The van der Waals surface area contributed by atoms with Crippen LogP contribution in [0.1, 0.15) is 19.8 Å². The second-order valence-corrected chi connectivity index (χ2v) is 5.42. The van der Waals surface area contributed by atoms with Crippen molar-refractivity contribution in [3.8, 4) is 0 Å². The van der Waals surface area contributed by atoms with E-state index >= 15 is 0 Å². The van der Waals surface area contributed by atoms with Gasteiger partial charge in [-0.15, -0.1) is 0 Å². The van der Waals surface area contributed by atoms with Gasteiger partial charge in [0.1, 0.15) is 11.6 Å². The molecular formula is C13H19ClN4O3. The molecule has 0 aromatic carbocycles. The number of halogens is 1. The lowest BCUT2D eigenvalue weighted by Gasteiger charge is -2.31. The number of carbonyl (C=O) groups is 1. The Balaban J connectivity index is 2.16. The monoisotopic (exact) mass is 314 g/mol. The summed E-state index contributed by atoms with van der Waals surface area (Å²) in [5.74, 6) is -0.550. The van der Waals surface area contributed by atoms with Crippen molar-refractivity contribution >= 4 is 23.3 Å². The van der Waals surface area contributed by atoms with Gasteiger partial charge in [0.25, 0.3) is 5.56 Å². The van der Waals surface area contributed by atoms with E-state index in [1.54, 1.807) is 0 Å². The van der Waals surface area contributed by atoms with E-state index in [0.717, 1.165) is 24.1 Å². The maximum Gasteiger partial charge on any atom is 0.327 e. The van der Waals surface area contributed by atoms with E-state index in [-0.39, 0.29) is 23.7 Å². The Hall–Kier alpha value is -1.60. The number of hydrogen-bond donors (Lipinski definition) is 2. The molecule has 1 aliphatic rings. The first-order valence-electron chi connectivity index (χ1n) is 6.85. The number of esters is 1. The Labute approximate surface area is 127 Å². The van der Waals surface area contributed by atoms with Crippen molar-refractivity contribution in [3.05, 3.63) is 21.6 Å². The van der Waals surface area contributed by atoms with Gasteiger partial charge in [-0.25, -0.2) is 4.68 Å². The summed E-state index contributed by atoms with van der Waals surface area (Å²) in [6.07, 6.45) is 3.52. The van der Waals surface area contributed by atoms with Crippen LogP contribution >= 0.6 is 11.6 Å². The van der Waals surface area contributed by atoms with Gasteiger partial charge in [0, 0.05) is 12.1 Å². The van der Waals surface area contributed by atoms with E-state index in [1.165, 1.54) is 13.3 Å². The summed E-state index contributed by atoms with van der Waals surface area (Å²) in [6, 6.07) is 0.473. The van der Waals surface area contributed by atoms with Gasteiger partial charge in [-0.1, -0.05) is 11.6 Å². The van der Waals surface area contributed by atoms with Crippen LogP contribution in [-0.4, -0.2) is 41.5 Å². The van der Waals surface area contributed by atoms with Gasteiger partial charge in [0.15, 0.2) is 0 Å². The predicted molar refractivity (Wildman–Crippen MR) is 79.6 cm³/mol. The van der Waals surface area contributed by atoms with Gasteiger partial charge in [0.2, 0.25) is 0 Å². The van der Waals surface area contributed by atoms with Gasteiger partial charge >= 0.3 is 5.97 Å². The van der Waals surface area contributed by atoms with Crippen molar-refractivity contribution in [2.24, 2.45) is 0 Å². The molecule has 0 radical (unpaired) electrons. The Kier molecular flexibility index (Phi) is 5.19. The number of aromatic nitrogens is 2. The number of methoxy groups -OCH3 is 1. The zero-order chi connectivity index (χ0) is 15.4. The highest BCUT2D eigenvalue weighted by Gasteiger charge is 2.22. The largest absolute Gasteiger partial charge is 0.468 e. The molecule has 7 nitrogen and oxygen atoms in total. The van der Waals surface area contributed by atoms with E-state index < -0.39 is 11.5 Å². The molecule has 2 rings (SSSR count). The molecular weight excluding hydrogens is 296 g/mol. The lowest BCUT2D eigenvalue weighted by atomic mass is 10.00. The molecule has 2 unspecified atom stereocenters. The Morgan fingerprint density at radius 3 is 3.10 bits per heavy atom. The Morgan fingerprint density at radius 1 is 1.67 bits per heavy atom. The topological polar surface area (TPSA) is 85.2 Å². The number of ether oxygens (including phenoxy) is 1. The molecule has 1 aromatic heterocycles. The molecule has 1 fully saturated rings. The Morgan fingerprint density at radius 2 is 2.43 bits per heavy atom. The number of anilines is 1. The number of carbonyl (C=O) groups excluding carboxylic acids is 1. The molecule has 116 valence electrons. The average molecular weight is 315 g/mol. The first-order chi connectivity index (χ1) is 10.0. The van der Waals surface area contributed by atoms with Gasteiger partial charge in [0.05, 0.1) is 19.0 Å². The maximum atomic E-state index is 12.1. The van der Waals surface area contributed by atoms with Gasteiger partial charge in [-0.2, -0.15) is 5.10 Å². The number of piperidine rings is 1. The standard InChI is InChI=1S/C13H19ClN4O3/c1-8-9(4-3-5-15-8)17-10-6-16-18(7-11(19)21-2)13(20)12(10)14/h6,8-9,15,17H,3-5,7H2,1-2H3. The first kappa shape index (κ1) is 15.8. The highest BCUT2D eigenvalue weighted by molar-refractivity contribution is 6.32. The van der Waals surface area contributed by atoms with Crippen LogP contribution in [0.3, 0.4) is 0 Å². The van der Waals surface area contributed by atoms with E-state index in [0.29, 0.717) is 5.69 Å². The number of nitrogens with zero attached hydrogens (tertiary/aromatic N) is 2. The van der Waals surface area contributed by atoms with Gasteiger partial charge < -0.3 is 15.4 Å². The molecule has 1 aromatic rings. The highest BCUT2D eigenvalue weighted by atomic mass is 35.5. The molecule has 1 aliphatic heterocycles. The molecule has 0 spiro atoms. The Bertz CT molecular complexity index is 575. The van der Waals surface area contributed by atoms with E-state index in [2.05, 4.69) is 27.4 Å². The smallest absolute Gasteiger partial charge is 0.327 e. The predicted octanol–water partition coefficient (Wildman–Crippen LogP) is 0.622. The third-order valence-corrected chi connectivity index (χ3v) is 3.96. The third-order valence-electron chi connectivity index (χ3n) is 3.59. The molecule has 8 heteroatoms. The molecule has 0 bridgehead atoms. The molecule has 0 amide bonds. The summed E-state index contributed by atoms with van der Waals surface area (Å²) in [5, 5.41) is 10.6. The minimum absolute atomic E-state index is 0.0340. The second kappa shape index (κ2) is 6.91. The van der Waals surface area contributed by atoms with Crippen molar-refractivity contribution in [1.29, 1.82) is 0 Å². The fourth-order valence-electron chi connectivity index (χ4n) is 2.31. The fraction of sp³-hybridized carbons (Fsp3) is 0.615. The highest BCUT2D eigenvalue weighted by Crippen LogP contribution is 2.20. The summed E-state index contributed by atoms with van der Waals surface area (Å²) < 4.78 is 5.50. The van der Waals surface area contributed by atoms with E-state index in [4.69, 9.17) is 11.6 Å². The quantitative estimate of drug-likeness (QED) is 0.793. The fourth-order valence-corrected chi connectivity index (χ4v) is 2.51. The minimum Gasteiger partial charge on any atom is -0.468 e. The summed E-state index contributed by atoms with van der Waals surface area (Å²) in [5.41, 5.74) is -0.0215. The van der Waals surface area contributed by atoms with Crippen LogP contribution in [0, 0.1) is 0 Å². The average Bonchev–Trinajstić information content (AvgIpc) is 2.48. The lowest BCUT2D eigenvalue weighted by molar-refractivity contribution is -0.141. The summed E-state index contributed by atoms with van der Waals surface area (Å²) >= 11 is 6.08. The maximum absolute atomic E-state index is 12.1. The zero-order valence-electron chi connectivity index (χ0n) is 12.1. The molecule has 2 N–H and O–H groups in total. The number of rotatable bonds is 4. The van der Waals surface area contributed by atoms with Crippen molar-refractivity contribution in [2.75, 3.05) is 19.0 Å². The molecule has 2 heterocycles. The number of hydrogen-bond acceptors (Lipinski definition) is 6. The molecule has 2 atom stereocenters. The molecule has 1 saturated heterocycles.